The minimum Gasteiger partial charge on any atom is -0.222 e. The maximum absolute atomic E-state index is 12.0. The number of hydrogen-bond acceptors (Lipinski definition) is 4. The van der Waals surface area contributed by atoms with Crippen molar-refractivity contribution >= 4 is 12.2 Å². The summed E-state index contributed by atoms with van der Waals surface area (Å²) in [6.07, 6.45) is 1.50. The van der Waals surface area contributed by atoms with E-state index in [0.717, 1.165) is 12.2 Å². The van der Waals surface area contributed by atoms with Gasteiger partial charge in [-0.2, -0.15) is 0 Å². The summed E-state index contributed by atoms with van der Waals surface area (Å²) in [5.41, 5.74) is 0. The highest BCUT2D eigenvalue weighted by Crippen LogP contribution is 2.11. The quantitative estimate of drug-likeness (QED) is 0.313. The average Bonchev–Trinajstić information content (AvgIpc) is 2.17. The van der Waals surface area contributed by atoms with E-state index in [-0.39, 0.29) is 12.1 Å². The number of halogens is 4. The molecule has 1 aromatic rings. The lowest BCUT2D eigenvalue weighted by Crippen LogP contribution is -1.90. The lowest BCUT2D eigenvalue weighted by Gasteiger charge is -1.92. The van der Waals surface area contributed by atoms with Crippen molar-refractivity contribution in [2.24, 2.45) is 0 Å². The standard InChI is InChI=1S/C6H2F4.2CHNO/c7-3-1-4(8)6(10)2-5(3)9;2*2-1-3/h1-2H;2*2H. The van der Waals surface area contributed by atoms with Gasteiger partial charge in [0.25, 0.3) is 0 Å². The molecule has 0 spiro atoms. The van der Waals surface area contributed by atoms with Gasteiger partial charge >= 0.3 is 0 Å². The first-order chi connectivity index (χ1) is 7.44. The molecule has 0 heterocycles. The van der Waals surface area contributed by atoms with Crippen LogP contribution in [0, 0.1) is 34.1 Å². The number of benzene rings is 1. The summed E-state index contributed by atoms with van der Waals surface area (Å²) in [6.45, 7) is 0. The lowest BCUT2D eigenvalue weighted by molar-refractivity contribution is 0.454. The van der Waals surface area contributed by atoms with Crippen molar-refractivity contribution in [3.63, 3.8) is 0 Å². The molecule has 4 nitrogen and oxygen atoms in total. The molecule has 8 heteroatoms. The minimum absolute atomic E-state index is 0.157. The van der Waals surface area contributed by atoms with E-state index in [1.165, 1.54) is 0 Å². The first kappa shape index (κ1) is 16.1. The zero-order chi connectivity index (χ0) is 13.1. The second-order valence-corrected chi connectivity index (χ2v) is 1.88. The zero-order valence-electron chi connectivity index (χ0n) is 7.48. The largest absolute Gasteiger partial charge is 0.231 e. The first-order valence-electron chi connectivity index (χ1n) is 3.32. The average molecular weight is 236 g/mol. The Labute approximate surface area is 86.5 Å². The fourth-order valence-corrected chi connectivity index (χ4v) is 0.498. The van der Waals surface area contributed by atoms with Gasteiger partial charge in [0.15, 0.2) is 23.3 Å². The van der Waals surface area contributed by atoms with E-state index < -0.39 is 23.3 Å². The van der Waals surface area contributed by atoms with Gasteiger partial charge in [0, 0.05) is 12.1 Å². The number of rotatable bonds is 0. The molecule has 0 aliphatic carbocycles. The van der Waals surface area contributed by atoms with Crippen LogP contribution in [0.3, 0.4) is 0 Å². The van der Waals surface area contributed by atoms with E-state index in [0.29, 0.717) is 0 Å². The highest BCUT2D eigenvalue weighted by atomic mass is 19.2. The van der Waals surface area contributed by atoms with Crippen LogP contribution in [0.2, 0.25) is 0 Å². The van der Waals surface area contributed by atoms with Gasteiger partial charge in [-0.3, -0.25) is 0 Å². The van der Waals surface area contributed by atoms with Gasteiger partial charge in [0.1, 0.15) is 0 Å². The highest BCUT2D eigenvalue weighted by molar-refractivity contribution is 5.26. The van der Waals surface area contributed by atoms with Crippen LogP contribution in [-0.2, 0) is 9.59 Å². The molecule has 86 valence electrons. The summed E-state index contributed by atoms with van der Waals surface area (Å²) in [6, 6.07) is 0.315. The third kappa shape index (κ3) is 7.14. The van der Waals surface area contributed by atoms with Gasteiger partial charge in [-0.05, 0) is 0 Å². The summed E-state index contributed by atoms with van der Waals surface area (Å²) < 4.78 is 47.9. The van der Waals surface area contributed by atoms with E-state index in [9.17, 15) is 17.6 Å². The molecule has 0 aliphatic rings. The Morgan fingerprint density at radius 1 is 0.750 bits per heavy atom. The van der Waals surface area contributed by atoms with E-state index in [1.54, 1.807) is 0 Å². The Hall–Kier alpha value is -2.30. The van der Waals surface area contributed by atoms with Crippen LogP contribution in [0.15, 0.2) is 12.1 Å². The van der Waals surface area contributed by atoms with Gasteiger partial charge in [0.05, 0.1) is 0 Å². The molecule has 16 heavy (non-hydrogen) atoms. The number of carbonyl (C=O) groups excluding carboxylic acids is 2. The molecular weight excluding hydrogens is 232 g/mol. The number of hydrogen-bond donors (Lipinski definition) is 2. The van der Waals surface area contributed by atoms with E-state index in [1.807, 2.05) is 0 Å². The molecule has 2 N–H and O–H groups in total. The Bertz CT molecular complexity index is 348. The third-order valence-corrected chi connectivity index (χ3v) is 0.963. The fraction of sp³-hybridized carbons (Fsp3) is 0. The smallest absolute Gasteiger partial charge is 0.222 e. The maximum atomic E-state index is 12.0. The van der Waals surface area contributed by atoms with Crippen LogP contribution in [0.4, 0.5) is 17.6 Å². The van der Waals surface area contributed by atoms with E-state index in [4.69, 9.17) is 20.4 Å². The van der Waals surface area contributed by atoms with E-state index in [2.05, 4.69) is 0 Å². The summed E-state index contributed by atoms with van der Waals surface area (Å²) in [7, 11) is 0. The molecule has 0 atom stereocenters. The van der Waals surface area contributed by atoms with E-state index >= 15 is 0 Å². The molecule has 0 fully saturated rings. The molecular formula is C8H4F4N2O2. The normalized spacial score (nSPS) is 7.25. The Kier molecular flexibility index (Phi) is 9.34. The zero-order valence-corrected chi connectivity index (χ0v) is 7.48. The second kappa shape index (κ2) is 9.26. The van der Waals surface area contributed by atoms with Crippen molar-refractivity contribution in [3.8, 4) is 0 Å². The number of nitrogens with one attached hydrogen (secondary N) is 2. The predicted molar refractivity (Wildman–Crippen MR) is 43.1 cm³/mol. The van der Waals surface area contributed by atoms with Crippen molar-refractivity contribution in [3.05, 3.63) is 35.4 Å². The van der Waals surface area contributed by atoms with Crippen LogP contribution >= 0.6 is 0 Å². The molecule has 0 saturated carbocycles. The van der Waals surface area contributed by atoms with Crippen LogP contribution in [-0.4, -0.2) is 12.2 Å². The van der Waals surface area contributed by atoms with Gasteiger partial charge < -0.3 is 0 Å². The van der Waals surface area contributed by atoms with Crippen molar-refractivity contribution in [1.29, 1.82) is 10.8 Å². The molecule has 1 aromatic carbocycles. The number of isocyanates is 2. The summed E-state index contributed by atoms with van der Waals surface area (Å²) in [5.74, 6) is -5.56. The Morgan fingerprint density at radius 3 is 1.00 bits per heavy atom. The summed E-state index contributed by atoms with van der Waals surface area (Å²) in [5, 5.41) is 10.8. The molecule has 0 aliphatic heterocycles. The van der Waals surface area contributed by atoms with Crippen LogP contribution in [0.25, 0.3) is 0 Å². The monoisotopic (exact) mass is 236 g/mol. The Morgan fingerprint density at radius 2 is 0.875 bits per heavy atom. The van der Waals surface area contributed by atoms with Gasteiger partial charge in [-0.25, -0.2) is 38.0 Å². The molecule has 0 amide bonds. The van der Waals surface area contributed by atoms with Crippen LogP contribution in [0.5, 0.6) is 0 Å². The van der Waals surface area contributed by atoms with Crippen molar-refractivity contribution < 1.29 is 27.2 Å². The SMILES string of the molecule is Fc1cc(F)c(F)cc1F.N=C=O.N=C=O. The minimum atomic E-state index is -1.39. The van der Waals surface area contributed by atoms with Crippen molar-refractivity contribution in [1.82, 2.24) is 0 Å². The summed E-state index contributed by atoms with van der Waals surface area (Å²) >= 11 is 0. The van der Waals surface area contributed by atoms with Crippen molar-refractivity contribution in [2.45, 2.75) is 0 Å². The second-order valence-electron chi connectivity index (χ2n) is 1.88. The predicted octanol–water partition coefficient (Wildman–Crippen LogP) is 2.04. The molecule has 1 rings (SSSR count). The molecule has 0 aromatic heterocycles. The van der Waals surface area contributed by atoms with Gasteiger partial charge in [0.2, 0.25) is 12.2 Å². The topological polar surface area (TPSA) is 81.8 Å². The highest BCUT2D eigenvalue weighted by Gasteiger charge is 2.07. The molecule has 0 radical (unpaired) electrons. The van der Waals surface area contributed by atoms with Crippen molar-refractivity contribution in [2.75, 3.05) is 0 Å². The van der Waals surface area contributed by atoms with Gasteiger partial charge in [-0.1, -0.05) is 0 Å². The Balaban J connectivity index is 0. The molecule has 0 unspecified atom stereocenters. The molecule has 0 saturated heterocycles. The fourth-order valence-electron chi connectivity index (χ4n) is 0.498. The first-order valence-corrected chi connectivity index (χ1v) is 3.32. The lowest BCUT2D eigenvalue weighted by atomic mass is 10.3. The summed E-state index contributed by atoms with van der Waals surface area (Å²) in [4.78, 5) is 16.7. The maximum Gasteiger partial charge on any atom is 0.231 e. The van der Waals surface area contributed by atoms with Crippen LogP contribution in [0.1, 0.15) is 0 Å². The third-order valence-electron chi connectivity index (χ3n) is 0.963. The molecule has 0 bridgehead atoms. The van der Waals surface area contributed by atoms with Gasteiger partial charge in [-0.15, -0.1) is 0 Å². The van der Waals surface area contributed by atoms with Crippen LogP contribution < -0.4 is 0 Å².